The number of nitrogens with two attached hydrogens (primary N) is 1. The molecular weight excluding hydrogens is 348 g/mol. The molecule has 1 aromatic heterocycles. The third-order valence-electron chi connectivity index (χ3n) is 3.76. The van der Waals surface area contributed by atoms with Gasteiger partial charge in [-0.05, 0) is 39.0 Å². The first-order valence-corrected chi connectivity index (χ1v) is 8.29. The first-order valence-electron chi connectivity index (χ1n) is 8.29. The Morgan fingerprint density at radius 3 is 2.59 bits per heavy atom. The van der Waals surface area contributed by atoms with Crippen molar-refractivity contribution in [3.63, 3.8) is 0 Å². The van der Waals surface area contributed by atoms with E-state index >= 15 is 0 Å². The van der Waals surface area contributed by atoms with Crippen molar-refractivity contribution >= 4 is 33.9 Å². The van der Waals surface area contributed by atoms with E-state index in [1.807, 2.05) is 32.9 Å². The molecule has 1 heterocycles. The zero-order valence-electron chi connectivity index (χ0n) is 15.2. The number of carbonyl (C=O) groups excluding carboxylic acids is 1. The summed E-state index contributed by atoms with van der Waals surface area (Å²) in [5, 5.41) is 14.6. The molecule has 4 N–H and O–H groups in total. The summed E-state index contributed by atoms with van der Waals surface area (Å²) in [6.45, 7) is 5.86. The Morgan fingerprint density at radius 1 is 1.19 bits per heavy atom. The first kappa shape index (κ1) is 18.2. The summed E-state index contributed by atoms with van der Waals surface area (Å²) >= 11 is 0. The number of nitrogens with one attached hydrogen (secondary N) is 2. The number of nitrogens with zero attached hydrogens (tertiary/aromatic N) is 1. The van der Waals surface area contributed by atoms with E-state index in [1.54, 1.807) is 12.1 Å². The van der Waals surface area contributed by atoms with Crippen LogP contribution in [0.2, 0.25) is 0 Å². The van der Waals surface area contributed by atoms with Gasteiger partial charge < -0.3 is 20.8 Å². The van der Waals surface area contributed by atoms with Gasteiger partial charge in [-0.1, -0.05) is 6.07 Å². The first-order chi connectivity index (χ1) is 12.6. The molecule has 1 amide bonds. The molecule has 0 unspecified atom stereocenters. The van der Waals surface area contributed by atoms with E-state index in [1.165, 1.54) is 12.1 Å². The number of rotatable bonds is 4. The van der Waals surface area contributed by atoms with Crippen molar-refractivity contribution in [1.82, 2.24) is 4.98 Å². The monoisotopic (exact) mass is 368 g/mol. The topological polar surface area (TPSA) is 123 Å². The normalized spacial score (nSPS) is 11.4. The number of H-pyrrole nitrogens is 1. The van der Waals surface area contributed by atoms with Crippen LogP contribution in [0.25, 0.3) is 10.9 Å². The molecule has 3 aromatic rings. The van der Waals surface area contributed by atoms with Crippen LogP contribution in [-0.4, -0.2) is 21.4 Å². The Balaban J connectivity index is 1.85. The molecule has 3 rings (SSSR count). The number of nitrogen functional groups attached to an aromatic ring is 1. The van der Waals surface area contributed by atoms with Crippen LogP contribution in [0.15, 0.2) is 42.5 Å². The average Bonchev–Trinajstić information content (AvgIpc) is 2.94. The number of carbonyl (C=O) groups is 1. The molecule has 0 fully saturated rings. The van der Waals surface area contributed by atoms with Gasteiger partial charge in [0.1, 0.15) is 5.60 Å². The second-order valence-electron chi connectivity index (χ2n) is 7.13. The zero-order chi connectivity index (χ0) is 19.8. The fourth-order valence-electron chi connectivity index (χ4n) is 2.62. The fraction of sp³-hybridized carbons (Fsp3) is 0.211. The number of benzene rings is 2. The molecule has 140 valence electrons. The van der Waals surface area contributed by atoms with Gasteiger partial charge in [-0.15, -0.1) is 0 Å². The fourth-order valence-corrected chi connectivity index (χ4v) is 2.62. The van der Waals surface area contributed by atoms with Crippen molar-refractivity contribution in [2.75, 3.05) is 11.1 Å². The minimum absolute atomic E-state index is 0.0486. The van der Waals surface area contributed by atoms with Gasteiger partial charge in [0.05, 0.1) is 16.0 Å². The molecule has 0 spiro atoms. The predicted molar refractivity (Wildman–Crippen MR) is 104 cm³/mol. The quantitative estimate of drug-likeness (QED) is 0.363. The van der Waals surface area contributed by atoms with E-state index in [0.29, 0.717) is 11.6 Å². The van der Waals surface area contributed by atoms with Crippen molar-refractivity contribution in [3.05, 3.63) is 58.1 Å². The van der Waals surface area contributed by atoms with E-state index in [0.717, 1.165) is 17.0 Å². The van der Waals surface area contributed by atoms with Gasteiger partial charge in [-0.25, -0.2) is 0 Å². The summed E-state index contributed by atoms with van der Waals surface area (Å²) in [5.74, 6) is 0.108. The van der Waals surface area contributed by atoms with Gasteiger partial charge in [-0.3, -0.25) is 14.9 Å². The average molecular weight is 368 g/mol. The van der Waals surface area contributed by atoms with E-state index in [2.05, 4.69) is 10.3 Å². The lowest BCUT2D eigenvalue weighted by Crippen LogP contribution is -2.23. The Kier molecular flexibility index (Phi) is 4.49. The van der Waals surface area contributed by atoms with E-state index < -0.39 is 10.8 Å². The van der Waals surface area contributed by atoms with Crippen LogP contribution in [0.1, 0.15) is 31.1 Å². The second-order valence-corrected chi connectivity index (χ2v) is 7.13. The minimum atomic E-state index is -0.571. The molecule has 0 atom stereocenters. The third-order valence-corrected chi connectivity index (χ3v) is 3.76. The molecule has 0 aliphatic carbocycles. The lowest BCUT2D eigenvalue weighted by molar-refractivity contribution is -0.384. The number of anilines is 2. The van der Waals surface area contributed by atoms with E-state index in [-0.39, 0.29) is 22.5 Å². The predicted octanol–water partition coefficient (Wildman–Crippen LogP) is 4.09. The molecule has 0 aliphatic rings. The molecule has 2 aromatic carbocycles. The third kappa shape index (κ3) is 4.17. The van der Waals surface area contributed by atoms with Crippen LogP contribution in [-0.2, 0) is 0 Å². The highest BCUT2D eigenvalue weighted by atomic mass is 16.6. The molecule has 0 aliphatic heterocycles. The Bertz CT molecular complexity index is 1030. The van der Waals surface area contributed by atoms with Crippen LogP contribution in [0.3, 0.4) is 0 Å². The molecule has 0 radical (unpaired) electrons. The summed E-state index contributed by atoms with van der Waals surface area (Å²) in [6.07, 6.45) is 0. The molecule has 0 saturated carbocycles. The van der Waals surface area contributed by atoms with Crippen LogP contribution < -0.4 is 15.8 Å². The molecule has 8 heteroatoms. The van der Waals surface area contributed by atoms with Gasteiger partial charge in [0.15, 0.2) is 5.88 Å². The van der Waals surface area contributed by atoms with Gasteiger partial charge >= 0.3 is 0 Å². The smallest absolute Gasteiger partial charge is 0.270 e. The maximum absolute atomic E-state index is 12.5. The SMILES string of the molecule is CC(C)(C)Oc1cc2ccc(NC(=O)c3cc([N+](=O)[O-])ccc3N)cc2[nH]1. The van der Waals surface area contributed by atoms with Crippen molar-refractivity contribution in [2.24, 2.45) is 0 Å². The summed E-state index contributed by atoms with van der Waals surface area (Å²) in [5.41, 5.74) is 6.79. The van der Waals surface area contributed by atoms with Crippen molar-refractivity contribution < 1.29 is 14.5 Å². The molecule has 27 heavy (non-hydrogen) atoms. The van der Waals surface area contributed by atoms with E-state index in [4.69, 9.17) is 10.5 Å². The number of amides is 1. The highest BCUT2D eigenvalue weighted by Gasteiger charge is 2.17. The Labute approximate surface area is 155 Å². The van der Waals surface area contributed by atoms with Gasteiger partial charge in [0.2, 0.25) is 0 Å². The summed E-state index contributed by atoms with van der Waals surface area (Å²) in [7, 11) is 0. The summed E-state index contributed by atoms with van der Waals surface area (Å²) in [6, 6.07) is 11.0. The number of aromatic amines is 1. The number of hydrogen-bond donors (Lipinski definition) is 3. The summed E-state index contributed by atoms with van der Waals surface area (Å²) in [4.78, 5) is 26.0. The highest BCUT2D eigenvalue weighted by molar-refractivity contribution is 6.08. The van der Waals surface area contributed by atoms with Crippen molar-refractivity contribution in [3.8, 4) is 5.88 Å². The Hall–Kier alpha value is -3.55. The summed E-state index contributed by atoms with van der Waals surface area (Å²) < 4.78 is 5.81. The van der Waals surface area contributed by atoms with E-state index in [9.17, 15) is 14.9 Å². The number of hydrogen-bond acceptors (Lipinski definition) is 5. The number of nitro benzene ring substituents is 1. The number of nitro groups is 1. The zero-order valence-corrected chi connectivity index (χ0v) is 15.2. The molecule has 8 nitrogen and oxygen atoms in total. The number of non-ortho nitro benzene ring substituents is 1. The van der Waals surface area contributed by atoms with Crippen LogP contribution in [0, 0.1) is 10.1 Å². The number of aromatic nitrogens is 1. The van der Waals surface area contributed by atoms with Gasteiger partial charge in [0.25, 0.3) is 11.6 Å². The lowest BCUT2D eigenvalue weighted by atomic mass is 10.1. The van der Waals surface area contributed by atoms with Gasteiger partial charge in [0, 0.05) is 35.0 Å². The van der Waals surface area contributed by atoms with Crippen molar-refractivity contribution in [2.45, 2.75) is 26.4 Å². The van der Waals surface area contributed by atoms with Crippen LogP contribution in [0.4, 0.5) is 17.1 Å². The standard InChI is InChI=1S/C19H20N4O4/c1-19(2,3)27-17-8-11-4-5-12(9-16(11)22-17)21-18(24)14-10-13(23(25)26)6-7-15(14)20/h4-10,22H,20H2,1-3H3,(H,21,24). The molecule has 0 bridgehead atoms. The highest BCUT2D eigenvalue weighted by Crippen LogP contribution is 2.27. The lowest BCUT2D eigenvalue weighted by Gasteiger charge is -2.19. The maximum atomic E-state index is 12.5. The number of ether oxygens (including phenoxy) is 1. The largest absolute Gasteiger partial charge is 0.473 e. The van der Waals surface area contributed by atoms with Crippen LogP contribution in [0.5, 0.6) is 5.88 Å². The number of fused-ring (bicyclic) bond motifs is 1. The molecular formula is C19H20N4O4. The van der Waals surface area contributed by atoms with Crippen LogP contribution >= 0.6 is 0 Å². The molecule has 0 saturated heterocycles. The van der Waals surface area contributed by atoms with Gasteiger partial charge in [-0.2, -0.15) is 0 Å². The maximum Gasteiger partial charge on any atom is 0.270 e. The minimum Gasteiger partial charge on any atom is -0.473 e. The van der Waals surface area contributed by atoms with Crippen molar-refractivity contribution in [1.29, 1.82) is 0 Å². The second kappa shape index (κ2) is 6.64. The Morgan fingerprint density at radius 2 is 1.93 bits per heavy atom.